The van der Waals surface area contributed by atoms with Crippen LogP contribution >= 0.6 is 11.3 Å². The lowest BCUT2D eigenvalue weighted by molar-refractivity contribution is 0.0367. The maximum absolute atomic E-state index is 11.7. The zero-order valence-electron chi connectivity index (χ0n) is 12.2. The smallest absolute Gasteiger partial charge is 0.315 e. The SMILES string of the molecule is CCc1ccc(CNC(=O)NCC(C)(O)c2ccco2)s1. The molecule has 2 aromatic rings. The number of carbonyl (C=O) groups is 1. The molecule has 0 aliphatic carbocycles. The lowest BCUT2D eigenvalue weighted by Gasteiger charge is -2.21. The van der Waals surface area contributed by atoms with Gasteiger partial charge in [-0.25, -0.2) is 4.79 Å². The zero-order valence-corrected chi connectivity index (χ0v) is 13.0. The Bertz CT molecular complexity index is 576. The maximum Gasteiger partial charge on any atom is 0.315 e. The van der Waals surface area contributed by atoms with Crippen molar-refractivity contribution in [3.63, 3.8) is 0 Å². The van der Waals surface area contributed by atoms with Gasteiger partial charge in [0.2, 0.25) is 0 Å². The fourth-order valence-corrected chi connectivity index (χ4v) is 2.76. The zero-order chi connectivity index (χ0) is 15.3. The summed E-state index contributed by atoms with van der Waals surface area (Å²) in [5, 5.41) is 15.6. The second-order valence-electron chi connectivity index (χ2n) is 5.01. The van der Waals surface area contributed by atoms with Gasteiger partial charge < -0.3 is 20.2 Å². The third-order valence-electron chi connectivity index (χ3n) is 3.13. The molecule has 0 aliphatic heterocycles. The van der Waals surface area contributed by atoms with E-state index >= 15 is 0 Å². The van der Waals surface area contributed by atoms with Crippen molar-refractivity contribution in [2.75, 3.05) is 6.54 Å². The monoisotopic (exact) mass is 308 g/mol. The van der Waals surface area contributed by atoms with Gasteiger partial charge in [0, 0.05) is 9.75 Å². The fraction of sp³-hybridized carbons (Fsp3) is 0.400. The van der Waals surface area contributed by atoms with Crippen LogP contribution in [-0.4, -0.2) is 17.7 Å². The number of nitrogens with one attached hydrogen (secondary N) is 2. The summed E-state index contributed by atoms with van der Waals surface area (Å²) in [6, 6.07) is 7.15. The van der Waals surface area contributed by atoms with Gasteiger partial charge in [0.25, 0.3) is 0 Å². The second kappa shape index (κ2) is 6.78. The van der Waals surface area contributed by atoms with Crippen molar-refractivity contribution in [1.82, 2.24) is 10.6 Å². The highest BCUT2D eigenvalue weighted by molar-refractivity contribution is 7.11. The minimum atomic E-state index is -1.22. The minimum Gasteiger partial charge on any atom is -0.466 e. The molecule has 0 fully saturated rings. The Morgan fingerprint density at radius 3 is 2.71 bits per heavy atom. The molecule has 6 heteroatoms. The molecule has 0 aromatic carbocycles. The molecule has 0 radical (unpaired) electrons. The van der Waals surface area contributed by atoms with E-state index in [1.807, 2.05) is 6.07 Å². The van der Waals surface area contributed by atoms with Gasteiger partial charge in [-0.1, -0.05) is 6.92 Å². The van der Waals surface area contributed by atoms with E-state index in [2.05, 4.69) is 23.6 Å². The van der Waals surface area contributed by atoms with Crippen molar-refractivity contribution >= 4 is 17.4 Å². The summed E-state index contributed by atoms with van der Waals surface area (Å²) in [5.74, 6) is 0.425. The number of thiophene rings is 1. The predicted molar refractivity (Wildman–Crippen MR) is 82.2 cm³/mol. The van der Waals surface area contributed by atoms with Crippen molar-refractivity contribution in [2.24, 2.45) is 0 Å². The largest absolute Gasteiger partial charge is 0.466 e. The number of carbonyl (C=O) groups excluding carboxylic acids is 1. The van der Waals surface area contributed by atoms with E-state index < -0.39 is 5.60 Å². The summed E-state index contributed by atoms with van der Waals surface area (Å²) in [5.41, 5.74) is -1.22. The van der Waals surface area contributed by atoms with Gasteiger partial charge in [0.05, 0.1) is 19.4 Å². The summed E-state index contributed by atoms with van der Waals surface area (Å²) >= 11 is 1.69. The molecule has 1 unspecified atom stereocenters. The van der Waals surface area contributed by atoms with Crippen molar-refractivity contribution in [3.05, 3.63) is 46.0 Å². The van der Waals surface area contributed by atoms with Gasteiger partial charge in [-0.3, -0.25) is 0 Å². The molecule has 114 valence electrons. The highest BCUT2D eigenvalue weighted by Gasteiger charge is 2.26. The first-order valence-corrected chi connectivity index (χ1v) is 7.68. The van der Waals surface area contributed by atoms with E-state index in [0.717, 1.165) is 11.3 Å². The van der Waals surface area contributed by atoms with E-state index in [4.69, 9.17) is 4.42 Å². The molecule has 3 N–H and O–H groups in total. The van der Waals surface area contributed by atoms with Gasteiger partial charge in [-0.2, -0.15) is 0 Å². The number of aliphatic hydroxyl groups is 1. The maximum atomic E-state index is 11.7. The molecule has 2 rings (SSSR count). The van der Waals surface area contributed by atoms with Gasteiger partial charge in [0.15, 0.2) is 0 Å². The lowest BCUT2D eigenvalue weighted by atomic mass is 10.0. The van der Waals surface area contributed by atoms with Crippen molar-refractivity contribution in [2.45, 2.75) is 32.4 Å². The lowest BCUT2D eigenvalue weighted by Crippen LogP contribution is -2.43. The standard InChI is InChI=1S/C15H20N2O3S/c1-3-11-6-7-12(21-11)9-16-14(18)17-10-15(2,19)13-5-4-8-20-13/h4-8,19H,3,9-10H2,1-2H3,(H2,16,17,18). The van der Waals surface area contributed by atoms with Crippen molar-refractivity contribution in [3.8, 4) is 0 Å². The van der Waals surface area contributed by atoms with E-state index in [0.29, 0.717) is 12.3 Å². The topological polar surface area (TPSA) is 74.5 Å². The molecule has 2 heterocycles. The van der Waals surface area contributed by atoms with Crippen LogP contribution < -0.4 is 10.6 Å². The van der Waals surface area contributed by atoms with Crippen LogP contribution in [-0.2, 0) is 18.6 Å². The first-order chi connectivity index (χ1) is 10.0. The van der Waals surface area contributed by atoms with E-state index in [9.17, 15) is 9.90 Å². The number of furan rings is 1. The number of urea groups is 1. The molecule has 2 aromatic heterocycles. The molecule has 0 saturated heterocycles. The first kappa shape index (κ1) is 15.6. The van der Waals surface area contributed by atoms with Gasteiger partial charge in [0.1, 0.15) is 11.4 Å². The van der Waals surface area contributed by atoms with Crippen LogP contribution in [0.15, 0.2) is 34.9 Å². The molecule has 0 aliphatic rings. The quantitative estimate of drug-likeness (QED) is 0.768. The highest BCUT2D eigenvalue weighted by atomic mass is 32.1. The Balaban J connectivity index is 1.77. The molecule has 0 spiro atoms. The van der Waals surface area contributed by atoms with Crippen LogP contribution in [0.4, 0.5) is 4.79 Å². The van der Waals surface area contributed by atoms with Crippen LogP contribution in [0.5, 0.6) is 0 Å². The molecular weight excluding hydrogens is 288 g/mol. The number of hydrogen-bond acceptors (Lipinski definition) is 4. The summed E-state index contributed by atoms with van der Waals surface area (Å²) < 4.78 is 5.15. The molecule has 1 atom stereocenters. The summed E-state index contributed by atoms with van der Waals surface area (Å²) in [7, 11) is 0. The Labute approximate surface area is 128 Å². The molecule has 5 nitrogen and oxygen atoms in total. The van der Waals surface area contributed by atoms with Crippen LogP contribution in [0.25, 0.3) is 0 Å². The van der Waals surface area contributed by atoms with Crippen molar-refractivity contribution < 1.29 is 14.3 Å². The summed E-state index contributed by atoms with van der Waals surface area (Å²) in [6.07, 6.45) is 2.49. The van der Waals surface area contributed by atoms with Crippen LogP contribution in [0, 0.1) is 0 Å². The molecule has 0 bridgehead atoms. The number of amides is 2. The summed E-state index contributed by atoms with van der Waals surface area (Å²) in [6.45, 7) is 4.27. The molecule has 2 amide bonds. The normalized spacial score (nSPS) is 13.7. The van der Waals surface area contributed by atoms with E-state index in [-0.39, 0.29) is 12.6 Å². The summed E-state index contributed by atoms with van der Waals surface area (Å²) in [4.78, 5) is 14.2. The average Bonchev–Trinajstić information content (AvgIpc) is 3.13. The highest BCUT2D eigenvalue weighted by Crippen LogP contribution is 2.19. The predicted octanol–water partition coefficient (Wildman–Crippen LogP) is 2.61. The Kier molecular flexibility index (Phi) is 5.03. The third-order valence-corrected chi connectivity index (χ3v) is 4.36. The third kappa shape index (κ3) is 4.34. The molecule has 0 saturated carbocycles. The van der Waals surface area contributed by atoms with Gasteiger partial charge >= 0.3 is 6.03 Å². The van der Waals surface area contributed by atoms with Crippen LogP contribution in [0.3, 0.4) is 0 Å². The Morgan fingerprint density at radius 2 is 2.10 bits per heavy atom. The van der Waals surface area contributed by atoms with E-state index in [1.54, 1.807) is 30.4 Å². The van der Waals surface area contributed by atoms with Crippen LogP contribution in [0.2, 0.25) is 0 Å². The number of aryl methyl sites for hydroxylation is 1. The second-order valence-corrected chi connectivity index (χ2v) is 6.26. The average molecular weight is 308 g/mol. The molecular formula is C15H20N2O3S. The minimum absolute atomic E-state index is 0.0804. The van der Waals surface area contributed by atoms with Gasteiger partial charge in [-0.05, 0) is 37.6 Å². The first-order valence-electron chi connectivity index (χ1n) is 6.87. The van der Waals surface area contributed by atoms with E-state index in [1.165, 1.54) is 11.1 Å². The van der Waals surface area contributed by atoms with Crippen molar-refractivity contribution in [1.29, 1.82) is 0 Å². The van der Waals surface area contributed by atoms with Gasteiger partial charge in [-0.15, -0.1) is 11.3 Å². The number of rotatable bonds is 6. The molecule has 21 heavy (non-hydrogen) atoms. The Morgan fingerprint density at radius 1 is 1.33 bits per heavy atom. The fourth-order valence-electron chi connectivity index (χ4n) is 1.86. The number of hydrogen-bond donors (Lipinski definition) is 3. The Hall–Kier alpha value is -1.79. The van der Waals surface area contributed by atoms with Crippen LogP contribution in [0.1, 0.15) is 29.4 Å².